The highest BCUT2D eigenvalue weighted by Crippen LogP contribution is 2.31. The largest absolute Gasteiger partial charge is 0.253 e. The van der Waals surface area contributed by atoms with Crippen LogP contribution in [0.2, 0.25) is 0 Å². The van der Waals surface area contributed by atoms with E-state index in [1.165, 1.54) is 0 Å². The van der Waals surface area contributed by atoms with E-state index in [4.69, 9.17) is 24.9 Å². The number of aryl methyl sites for hydroxylation is 1. The van der Waals surface area contributed by atoms with Crippen molar-refractivity contribution in [2.45, 2.75) is 6.92 Å². The van der Waals surface area contributed by atoms with Gasteiger partial charge in [-0.3, -0.25) is 4.98 Å². The number of rotatable bonds is 4. The summed E-state index contributed by atoms with van der Waals surface area (Å²) in [6.07, 6.45) is 1.74. The fourth-order valence-corrected chi connectivity index (χ4v) is 4.74. The van der Waals surface area contributed by atoms with Gasteiger partial charge in [0.15, 0.2) is 17.5 Å². The van der Waals surface area contributed by atoms with Crippen LogP contribution in [0.3, 0.4) is 0 Å². The van der Waals surface area contributed by atoms with E-state index in [0.717, 1.165) is 44.2 Å². The summed E-state index contributed by atoms with van der Waals surface area (Å²) >= 11 is 0. The number of aromatic nitrogens is 6. The molecule has 0 radical (unpaired) electrons. The molecule has 0 amide bonds. The summed E-state index contributed by atoms with van der Waals surface area (Å²) < 4.78 is 0. The van der Waals surface area contributed by atoms with Gasteiger partial charge in [0.1, 0.15) is 11.4 Å². The summed E-state index contributed by atoms with van der Waals surface area (Å²) in [5.74, 6) is 1.57. The Kier molecular flexibility index (Phi) is 5.56. The average Bonchev–Trinajstić information content (AvgIpc) is 3.01. The van der Waals surface area contributed by atoms with Gasteiger partial charge in [-0.25, -0.2) is 24.9 Å². The topological polar surface area (TPSA) is 77.3 Å². The van der Waals surface area contributed by atoms with Crippen molar-refractivity contribution in [3.8, 4) is 45.7 Å². The molecule has 4 aromatic heterocycles. The first kappa shape index (κ1) is 22.8. The molecule has 0 aliphatic carbocycles. The van der Waals surface area contributed by atoms with Gasteiger partial charge in [0.05, 0.1) is 16.7 Å². The maximum absolute atomic E-state index is 5.10. The molecule has 0 saturated heterocycles. The van der Waals surface area contributed by atoms with Crippen molar-refractivity contribution in [3.05, 3.63) is 121 Å². The summed E-state index contributed by atoms with van der Waals surface area (Å²) in [5.41, 5.74) is 6.95. The molecule has 0 fully saturated rings. The highest BCUT2D eigenvalue weighted by atomic mass is 15.1. The number of pyridine rings is 3. The van der Waals surface area contributed by atoms with E-state index in [1.807, 2.05) is 72.8 Å². The van der Waals surface area contributed by atoms with Gasteiger partial charge in [-0.1, -0.05) is 84.9 Å². The Morgan fingerprint density at radius 2 is 1.10 bits per heavy atom. The molecule has 7 aromatic rings. The van der Waals surface area contributed by atoms with Crippen LogP contribution in [0.25, 0.3) is 67.5 Å². The summed E-state index contributed by atoms with van der Waals surface area (Å²) in [5, 5.41) is 2.08. The third kappa shape index (κ3) is 4.28. The van der Waals surface area contributed by atoms with Crippen LogP contribution < -0.4 is 0 Å². The number of nitrogens with zero attached hydrogens (tertiary/aromatic N) is 6. The summed E-state index contributed by atoms with van der Waals surface area (Å²) in [6, 6.07) is 36.2. The zero-order valence-electron chi connectivity index (χ0n) is 21.2. The molecular formula is C33H22N6. The summed E-state index contributed by atoms with van der Waals surface area (Å²) in [7, 11) is 0. The Labute approximate surface area is 225 Å². The Morgan fingerprint density at radius 1 is 0.462 bits per heavy atom. The predicted octanol–water partition coefficient (Wildman–Crippen LogP) is 7.34. The lowest BCUT2D eigenvalue weighted by molar-refractivity contribution is 1.05. The second kappa shape index (κ2) is 9.50. The van der Waals surface area contributed by atoms with E-state index in [9.17, 15) is 0 Å². The van der Waals surface area contributed by atoms with Gasteiger partial charge in [0, 0.05) is 28.1 Å². The van der Waals surface area contributed by atoms with E-state index < -0.39 is 0 Å². The molecule has 0 N–H and O–H groups in total. The van der Waals surface area contributed by atoms with Crippen molar-refractivity contribution in [3.63, 3.8) is 0 Å². The van der Waals surface area contributed by atoms with Crippen molar-refractivity contribution >= 4 is 21.8 Å². The maximum atomic E-state index is 5.10. The first-order valence-corrected chi connectivity index (χ1v) is 12.7. The smallest absolute Gasteiger partial charge is 0.182 e. The van der Waals surface area contributed by atoms with Crippen LogP contribution in [0.1, 0.15) is 5.56 Å². The number of hydrogen-bond acceptors (Lipinski definition) is 6. The normalized spacial score (nSPS) is 11.2. The third-order valence-electron chi connectivity index (χ3n) is 6.71. The monoisotopic (exact) mass is 502 g/mol. The van der Waals surface area contributed by atoms with E-state index in [0.29, 0.717) is 28.9 Å². The van der Waals surface area contributed by atoms with Crippen molar-refractivity contribution in [2.24, 2.45) is 0 Å². The van der Waals surface area contributed by atoms with Crippen LogP contribution in [-0.4, -0.2) is 29.9 Å². The number of hydrogen-bond donors (Lipinski definition) is 0. The van der Waals surface area contributed by atoms with Crippen molar-refractivity contribution in [1.82, 2.24) is 29.9 Å². The van der Waals surface area contributed by atoms with Gasteiger partial charge in [0.25, 0.3) is 0 Å². The molecule has 4 heterocycles. The van der Waals surface area contributed by atoms with Crippen LogP contribution in [0.4, 0.5) is 0 Å². The van der Waals surface area contributed by atoms with Crippen molar-refractivity contribution in [1.29, 1.82) is 0 Å². The quantitative estimate of drug-likeness (QED) is 0.234. The molecule has 184 valence electrons. The molecule has 39 heavy (non-hydrogen) atoms. The third-order valence-corrected chi connectivity index (χ3v) is 6.71. The molecule has 0 spiro atoms. The number of fused-ring (bicyclic) bond motifs is 3. The first-order valence-electron chi connectivity index (χ1n) is 12.7. The van der Waals surface area contributed by atoms with E-state index in [-0.39, 0.29) is 0 Å². The summed E-state index contributed by atoms with van der Waals surface area (Å²) in [6.45, 7) is 2.08. The lowest BCUT2D eigenvalue weighted by Crippen LogP contribution is -2.02. The standard InChI is InChI=1S/C33H22N6/c1-21-20-28(33-38-31(24-12-6-3-7-13-24)37-32(39-33)27-14-8-9-19-34-27)36-30-25(21)17-15-23-16-18-26(35-29(23)30)22-10-4-2-5-11-22/h2-20H,1H3. The van der Waals surface area contributed by atoms with Gasteiger partial charge in [0.2, 0.25) is 0 Å². The van der Waals surface area contributed by atoms with Gasteiger partial charge in [-0.15, -0.1) is 0 Å². The lowest BCUT2D eigenvalue weighted by Gasteiger charge is -2.11. The molecule has 0 atom stereocenters. The molecule has 0 unspecified atom stereocenters. The predicted molar refractivity (Wildman–Crippen MR) is 155 cm³/mol. The molecular weight excluding hydrogens is 480 g/mol. The Hall–Kier alpha value is -5.36. The van der Waals surface area contributed by atoms with Gasteiger partial charge < -0.3 is 0 Å². The van der Waals surface area contributed by atoms with Crippen LogP contribution in [0.5, 0.6) is 0 Å². The van der Waals surface area contributed by atoms with E-state index in [1.54, 1.807) is 6.20 Å². The molecule has 7 rings (SSSR count). The Morgan fingerprint density at radius 3 is 1.85 bits per heavy atom. The average molecular weight is 503 g/mol. The van der Waals surface area contributed by atoms with Crippen LogP contribution in [0, 0.1) is 6.92 Å². The Balaban J connectivity index is 1.46. The SMILES string of the molecule is Cc1cc(-c2nc(-c3ccccc3)nc(-c3ccccn3)n2)nc2c1ccc1ccc(-c3ccccc3)nc12. The van der Waals surface area contributed by atoms with Crippen molar-refractivity contribution < 1.29 is 0 Å². The fraction of sp³-hybridized carbons (Fsp3) is 0.0303. The van der Waals surface area contributed by atoms with Crippen LogP contribution >= 0.6 is 0 Å². The van der Waals surface area contributed by atoms with Gasteiger partial charge in [-0.2, -0.15) is 0 Å². The van der Waals surface area contributed by atoms with E-state index >= 15 is 0 Å². The highest BCUT2D eigenvalue weighted by molar-refractivity contribution is 6.05. The lowest BCUT2D eigenvalue weighted by atomic mass is 10.0. The molecule has 3 aromatic carbocycles. The molecule has 6 nitrogen and oxygen atoms in total. The second-order valence-electron chi connectivity index (χ2n) is 9.31. The zero-order valence-corrected chi connectivity index (χ0v) is 21.2. The molecule has 6 heteroatoms. The molecule has 0 aliphatic rings. The minimum atomic E-state index is 0.491. The molecule has 0 bridgehead atoms. The second-order valence-corrected chi connectivity index (χ2v) is 9.31. The van der Waals surface area contributed by atoms with Gasteiger partial charge in [-0.05, 0) is 36.8 Å². The van der Waals surface area contributed by atoms with Crippen LogP contribution in [-0.2, 0) is 0 Å². The van der Waals surface area contributed by atoms with Gasteiger partial charge >= 0.3 is 0 Å². The zero-order chi connectivity index (χ0) is 26.2. The maximum Gasteiger partial charge on any atom is 0.182 e. The Bertz CT molecular complexity index is 1900. The first-order chi connectivity index (χ1) is 19.2. The fourth-order valence-electron chi connectivity index (χ4n) is 4.74. The van der Waals surface area contributed by atoms with E-state index in [2.05, 4.69) is 48.3 Å². The minimum absolute atomic E-state index is 0.491. The summed E-state index contributed by atoms with van der Waals surface area (Å²) in [4.78, 5) is 29.1. The minimum Gasteiger partial charge on any atom is -0.253 e. The van der Waals surface area contributed by atoms with Crippen LogP contribution in [0.15, 0.2) is 115 Å². The highest BCUT2D eigenvalue weighted by Gasteiger charge is 2.16. The molecule has 0 saturated carbocycles. The van der Waals surface area contributed by atoms with Crippen molar-refractivity contribution in [2.75, 3.05) is 0 Å². The number of benzene rings is 3. The molecule has 0 aliphatic heterocycles.